The standard InChI is InChI=1S/C15H12ClF3N2OS/c1-22-13-5-3-2-4-11(13)20-14(23)21-12-8-9(15(17,18)19)6-7-10(12)16/h2-8H,1H3,(H2,20,21,23). The van der Waals surface area contributed by atoms with Gasteiger partial charge in [0.05, 0.1) is 29.1 Å². The number of methoxy groups -OCH3 is 1. The minimum atomic E-state index is -4.46. The van der Waals surface area contributed by atoms with Crippen LogP contribution >= 0.6 is 23.8 Å². The summed E-state index contributed by atoms with van der Waals surface area (Å²) < 4.78 is 43.4. The molecule has 0 aromatic heterocycles. The monoisotopic (exact) mass is 360 g/mol. The van der Waals surface area contributed by atoms with Crippen LogP contribution in [-0.2, 0) is 6.18 Å². The van der Waals surface area contributed by atoms with Crippen molar-refractivity contribution in [3.8, 4) is 5.75 Å². The second-order valence-corrected chi connectivity index (χ2v) is 5.29. The lowest BCUT2D eigenvalue weighted by Gasteiger charge is -2.15. The molecule has 0 unspecified atom stereocenters. The van der Waals surface area contributed by atoms with E-state index < -0.39 is 11.7 Å². The predicted molar refractivity (Wildman–Crippen MR) is 89.3 cm³/mol. The van der Waals surface area contributed by atoms with Crippen molar-refractivity contribution in [3.05, 3.63) is 53.1 Å². The number of hydrogen-bond donors (Lipinski definition) is 2. The molecule has 0 aliphatic heterocycles. The molecule has 0 aliphatic rings. The van der Waals surface area contributed by atoms with Crippen molar-refractivity contribution in [1.29, 1.82) is 0 Å². The van der Waals surface area contributed by atoms with Crippen LogP contribution in [0.1, 0.15) is 5.56 Å². The smallest absolute Gasteiger partial charge is 0.416 e. The van der Waals surface area contributed by atoms with Crippen molar-refractivity contribution in [3.63, 3.8) is 0 Å². The zero-order valence-electron chi connectivity index (χ0n) is 11.9. The number of alkyl halides is 3. The molecule has 0 heterocycles. The van der Waals surface area contributed by atoms with E-state index in [2.05, 4.69) is 10.6 Å². The Morgan fingerprint density at radius 3 is 2.39 bits per heavy atom. The number of anilines is 2. The van der Waals surface area contributed by atoms with Crippen LogP contribution < -0.4 is 15.4 Å². The first kappa shape index (κ1) is 17.4. The van der Waals surface area contributed by atoms with Crippen LogP contribution in [0, 0.1) is 0 Å². The van der Waals surface area contributed by atoms with E-state index in [1.54, 1.807) is 24.3 Å². The molecule has 2 N–H and O–H groups in total. The molecule has 2 aromatic carbocycles. The Bertz CT molecular complexity index is 722. The lowest BCUT2D eigenvalue weighted by Crippen LogP contribution is -2.20. The summed E-state index contributed by atoms with van der Waals surface area (Å²) in [5, 5.41) is 5.73. The summed E-state index contributed by atoms with van der Waals surface area (Å²) in [6.07, 6.45) is -4.46. The van der Waals surface area contributed by atoms with Crippen molar-refractivity contribution >= 4 is 40.3 Å². The number of ether oxygens (including phenoxy) is 1. The highest BCUT2D eigenvalue weighted by atomic mass is 35.5. The number of benzene rings is 2. The summed E-state index contributed by atoms with van der Waals surface area (Å²) in [7, 11) is 1.50. The van der Waals surface area contributed by atoms with Gasteiger partial charge in [0.1, 0.15) is 5.75 Å². The van der Waals surface area contributed by atoms with E-state index in [1.165, 1.54) is 13.2 Å². The Labute approximate surface area is 141 Å². The number of hydrogen-bond acceptors (Lipinski definition) is 2. The minimum Gasteiger partial charge on any atom is -0.495 e. The highest BCUT2D eigenvalue weighted by molar-refractivity contribution is 7.80. The van der Waals surface area contributed by atoms with E-state index >= 15 is 0 Å². The van der Waals surface area contributed by atoms with E-state index in [0.717, 1.165) is 12.1 Å². The first-order valence-electron chi connectivity index (χ1n) is 6.39. The van der Waals surface area contributed by atoms with Crippen LogP contribution in [0.15, 0.2) is 42.5 Å². The van der Waals surface area contributed by atoms with Gasteiger partial charge in [-0.05, 0) is 42.5 Å². The number of nitrogens with one attached hydrogen (secondary N) is 2. The quantitative estimate of drug-likeness (QED) is 0.739. The Balaban J connectivity index is 2.17. The SMILES string of the molecule is COc1ccccc1NC(=S)Nc1cc(C(F)(F)F)ccc1Cl. The molecule has 122 valence electrons. The molecule has 0 fully saturated rings. The average Bonchev–Trinajstić information content (AvgIpc) is 2.49. The summed E-state index contributed by atoms with van der Waals surface area (Å²) in [6.45, 7) is 0. The summed E-state index contributed by atoms with van der Waals surface area (Å²) in [4.78, 5) is 0. The molecular weight excluding hydrogens is 349 g/mol. The zero-order chi connectivity index (χ0) is 17.0. The van der Waals surface area contributed by atoms with Crippen molar-refractivity contribution < 1.29 is 17.9 Å². The summed E-state index contributed by atoms with van der Waals surface area (Å²) in [6, 6.07) is 9.97. The van der Waals surface area contributed by atoms with Gasteiger partial charge in [-0.2, -0.15) is 13.2 Å². The molecule has 3 nitrogen and oxygen atoms in total. The third kappa shape index (κ3) is 4.49. The fourth-order valence-corrected chi connectivity index (χ4v) is 2.21. The summed E-state index contributed by atoms with van der Waals surface area (Å²) >= 11 is 11.0. The molecule has 2 rings (SSSR count). The van der Waals surface area contributed by atoms with Crippen LogP contribution in [0.5, 0.6) is 5.75 Å². The van der Waals surface area contributed by atoms with Crippen molar-refractivity contribution in [2.75, 3.05) is 17.7 Å². The van der Waals surface area contributed by atoms with Gasteiger partial charge in [-0.1, -0.05) is 23.7 Å². The van der Waals surface area contributed by atoms with Gasteiger partial charge in [0.25, 0.3) is 0 Å². The molecule has 2 aromatic rings. The van der Waals surface area contributed by atoms with E-state index in [-0.39, 0.29) is 15.8 Å². The van der Waals surface area contributed by atoms with Crippen LogP contribution in [0.2, 0.25) is 5.02 Å². The third-order valence-electron chi connectivity index (χ3n) is 2.90. The fourth-order valence-electron chi connectivity index (χ4n) is 1.82. The fraction of sp³-hybridized carbons (Fsp3) is 0.133. The van der Waals surface area contributed by atoms with E-state index in [0.29, 0.717) is 11.4 Å². The molecule has 0 radical (unpaired) electrons. The van der Waals surface area contributed by atoms with Gasteiger partial charge < -0.3 is 15.4 Å². The second kappa shape index (κ2) is 7.06. The molecule has 0 aliphatic carbocycles. The van der Waals surface area contributed by atoms with Gasteiger partial charge in [-0.25, -0.2) is 0 Å². The van der Waals surface area contributed by atoms with Gasteiger partial charge in [-0.15, -0.1) is 0 Å². The first-order valence-corrected chi connectivity index (χ1v) is 7.17. The largest absolute Gasteiger partial charge is 0.495 e. The first-order chi connectivity index (χ1) is 10.8. The van der Waals surface area contributed by atoms with E-state index in [9.17, 15) is 13.2 Å². The van der Waals surface area contributed by atoms with Gasteiger partial charge in [-0.3, -0.25) is 0 Å². The Kier molecular flexibility index (Phi) is 5.33. The van der Waals surface area contributed by atoms with E-state index in [4.69, 9.17) is 28.6 Å². The Morgan fingerprint density at radius 1 is 1.09 bits per heavy atom. The van der Waals surface area contributed by atoms with Crippen molar-refractivity contribution in [1.82, 2.24) is 0 Å². The van der Waals surface area contributed by atoms with E-state index in [1.807, 2.05) is 0 Å². The molecule has 0 spiro atoms. The van der Waals surface area contributed by atoms with Crippen LogP contribution in [-0.4, -0.2) is 12.2 Å². The van der Waals surface area contributed by atoms with Crippen molar-refractivity contribution in [2.45, 2.75) is 6.18 Å². The topological polar surface area (TPSA) is 33.3 Å². The molecule has 23 heavy (non-hydrogen) atoms. The second-order valence-electron chi connectivity index (χ2n) is 4.47. The number of thiocarbonyl (C=S) groups is 1. The zero-order valence-corrected chi connectivity index (χ0v) is 13.4. The molecule has 0 atom stereocenters. The van der Waals surface area contributed by atoms with Gasteiger partial charge in [0.2, 0.25) is 0 Å². The molecular formula is C15H12ClF3N2OS. The summed E-state index contributed by atoms with van der Waals surface area (Å²) in [5.41, 5.74) is -0.172. The third-order valence-corrected chi connectivity index (χ3v) is 3.43. The van der Waals surface area contributed by atoms with Gasteiger partial charge >= 0.3 is 6.18 Å². The summed E-state index contributed by atoms with van der Waals surface area (Å²) in [5.74, 6) is 0.548. The highest BCUT2D eigenvalue weighted by Crippen LogP contribution is 2.34. The molecule has 8 heteroatoms. The molecule has 0 saturated heterocycles. The molecule has 0 saturated carbocycles. The minimum absolute atomic E-state index is 0.0638. The predicted octanol–water partition coefficient (Wildman–Crippen LogP) is 5.18. The number of rotatable bonds is 3. The van der Waals surface area contributed by atoms with Crippen LogP contribution in [0.4, 0.5) is 24.5 Å². The highest BCUT2D eigenvalue weighted by Gasteiger charge is 2.31. The maximum Gasteiger partial charge on any atom is 0.416 e. The maximum atomic E-state index is 12.7. The number of para-hydroxylation sites is 2. The lowest BCUT2D eigenvalue weighted by molar-refractivity contribution is -0.137. The van der Waals surface area contributed by atoms with Gasteiger partial charge in [0, 0.05) is 0 Å². The lowest BCUT2D eigenvalue weighted by atomic mass is 10.2. The normalized spacial score (nSPS) is 11.0. The Hall–Kier alpha value is -1.99. The van der Waals surface area contributed by atoms with Crippen LogP contribution in [0.25, 0.3) is 0 Å². The maximum absolute atomic E-state index is 12.7. The van der Waals surface area contributed by atoms with Crippen LogP contribution in [0.3, 0.4) is 0 Å². The Morgan fingerprint density at radius 2 is 1.74 bits per heavy atom. The average molecular weight is 361 g/mol. The van der Waals surface area contributed by atoms with Gasteiger partial charge in [0.15, 0.2) is 5.11 Å². The van der Waals surface area contributed by atoms with Crippen molar-refractivity contribution in [2.24, 2.45) is 0 Å². The number of halogens is 4. The molecule has 0 amide bonds. The molecule has 0 bridgehead atoms.